The fourth-order valence-corrected chi connectivity index (χ4v) is 1.35. The molecule has 0 heterocycles. The summed E-state index contributed by atoms with van der Waals surface area (Å²) in [6.45, 7) is 1.94. The Hall–Kier alpha value is -2.50. The summed E-state index contributed by atoms with van der Waals surface area (Å²) in [5.74, 6) is -2.17. The van der Waals surface area contributed by atoms with Gasteiger partial charge in [-0.3, -0.25) is 0 Å². The van der Waals surface area contributed by atoms with E-state index in [1.165, 1.54) is 0 Å². The van der Waals surface area contributed by atoms with Gasteiger partial charge in [-0.15, -0.1) is 0 Å². The molecule has 23 heavy (non-hydrogen) atoms. The average molecular weight is 366 g/mol. The quantitative estimate of drug-likeness (QED) is 0.541. The molecule has 2 aromatic carbocycles. The minimum absolute atomic E-state index is 0. The first-order valence-electron chi connectivity index (χ1n) is 6.29. The second kappa shape index (κ2) is 12.1. The van der Waals surface area contributed by atoms with E-state index in [1.807, 2.05) is 48.5 Å². The molecule has 0 aliphatic heterocycles. The standard InChI is InChI=1S/C12H12N2.2C2H4O2.Cu/c13-11-5-1-9(2-6-11)10-3-7-12(14)8-4-10;2*1-2(3)4;/h1-8H,13-14H2;2*1H3,(H,3,4);/q;;;+2/p-2. The third-order valence-corrected chi connectivity index (χ3v) is 2.15. The van der Waals surface area contributed by atoms with Crippen LogP contribution in [0.2, 0.25) is 0 Å². The normalized spacial score (nSPS) is 8.26. The first-order valence-corrected chi connectivity index (χ1v) is 6.29. The van der Waals surface area contributed by atoms with Gasteiger partial charge in [-0.2, -0.15) is 0 Å². The van der Waals surface area contributed by atoms with E-state index in [0.717, 1.165) is 36.3 Å². The van der Waals surface area contributed by atoms with Crippen molar-refractivity contribution < 1.29 is 36.9 Å². The number of carbonyl (C=O) groups excluding carboxylic acids is 2. The molecule has 127 valence electrons. The van der Waals surface area contributed by atoms with Crippen molar-refractivity contribution in [3.63, 3.8) is 0 Å². The minimum atomic E-state index is -1.08. The van der Waals surface area contributed by atoms with Crippen LogP contribution < -0.4 is 21.7 Å². The Morgan fingerprint density at radius 2 is 0.870 bits per heavy atom. The van der Waals surface area contributed by atoms with Gasteiger partial charge in [0.2, 0.25) is 0 Å². The predicted molar refractivity (Wildman–Crippen MR) is 82.1 cm³/mol. The topological polar surface area (TPSA) is 132 Å². The molecule has 0 aliphatic carbocycles. The van der Waals surface area contributed by atoms with Gasteiger partial charge in [0.25, 0.3) is 0 Å². The summed E-state index contributed by atoms with van der Waals surface area (Å²) >= 11 is 0. The summed E-state index contributed by atoms with van der Waals surface area (Å²) in [5.41, 5.74) is 15.1. The maximum absolute atomic E-state index is 8.89. The second-order valence-electron chi connectivity index (χ2n) is 4.23. The third-order valence-electron chi connectivity index (χ3n) is 2.15. The molecule has 0 atom stereocenters. The van der Waals surface area contributed by atoms with E-state index in [9.17, 15) is 0 Å². The Labute approximate surface area is 145 Å². The van der Waals surface area contributed by atoms with E-state index in [2.05, 4.69) is 0 Å². The van der Waals surface area contributed by atoms with E-state index >= 15 is 0 Å². The molecule has 0 bridgehead atoms. The summed E-state index contributed by atoms with van der Waals surface area (Å²) in [6.07, 6.45) is 0. The van der Waals surface area contributed by atoms with Gasteiger partial charge in [0.1, 0.15) is 0 Å². The number of nitrogens with two attached hydrogens (primary N) is 2. The molecule has 0 amide bonds. The van der Waals surface area contributed by atoms with Gasteiger partial charge in [0, 0.05) is 23.3 Å². The van der Waals surface area contributed by atoms with Crippen molar-refractivity contribution in [1.29, 1.82) is 0 Å². The van der Waals surface area contributed by atoms with Crippen LogP contribution in [0.5, 0.6) is 0 Å². The van der Waals surface area contributed by atoms with Crippen LogP contribution in [0.15, 0.2) is 48.5 Å². The number of benzene rings is 2. The zero-order valence-corrected chi connectivity index (χ0v) is 13.6. The van der Waals surface area contributed by atoms with Gasteiger partial charge in [-0.05, 0) is 49.2 Å². The van der Waals surface area contributed by atoms with Crippen LogP contribution in [-0.2, 0) is 26.7 Å². The van der Waals surface area contributed by atoms with Crippen LogP contribution in [0.25, 0.3) is 11.1 Å². The van der Waals surface area contributed by atoms with Crippen LogP contribution in [-0.4, -0.2) is 11.9 Å². The molecule has 6 nitrogen and oxygen atoms in total. The first kappa shape index (κ1) is 22.8. The largest absolute Gasteiger partial charge is 2.00 e. The van der Waals surface area contributed by atoms with Crippen molar-refractivity contribution in [3.05, 3.63) is 48.5 Å². The number of anilines is 2. The summed E-state index contributed by atoms with van der Waals surface area (Å²) in [7, 11) is 0. The van der Waals surface area contributed by atoms with Gasteiger partial charge < -0.3 is 31.3 Å². The summed E-state index contributed by atoms with van der Waals surface area (Å²) in [4.78, 5) is 17.8. The van der Waals surface area contributed by atoms with Crippen molar-refractivity contribution in [3.8, 4) is 11.1 Å². The van der Waals surface area contributed by atoms with Gasteiger partial charge >= 0.3 is 17.1 Å². The molecule has 0 aliphatic rings. The van der Waals surface area contributed by atoms with Gasteiger partial charge in [-0.1, -0.05) is 24.3 Å². The van der Waals surface area contributed by atoms with Crippen LogP contribution in [0.4, 0.5) is 11.4 Å². The van der Waals surface area contributed by atoms with Crippen molar-refractivity contribution in [2.24, 2.45) is 0 Å². The molecule has 0 saturated carbocycles. The summed E-state index contributed by atoms with van der Waals surface area (Å²) in [5, 5.41) is 17.8. The molecular weight excluding hydrogens is 348 g/mol. The van der Waals surface area contributed by atoms with Crippen LogP contribution in [0.3, 0.4) is 0 Å². The van der Waals surface area contributed by atoms with Crippen molar-refractivity contribution >= 4 is 23.3 Å². The number of carboxylic acids is 2. The number of aliphatic carboxylic acids is 2. The maximum Gasteiger partial charge on any atom is 2.00 e. The van der Waals surface area contributed by atoms with E-state index in [1.54, 1.807) is 0 Å². The predicted octanol–water partition coefficient (Wildman–Crippen LogP) is 0.0279. The number of nitrogen functional groups attached to an aromatic ring is 2. The molecule has 0 saturated heterocycles. The van der Waals surface area contributed by atoms with Crippen LogP contribution >= 0.6 is 0 Å². The van der Waals surface area contributed by atoms with Crippen molar-refractivity contribution in [2.75, 3.05) is 11.5 Å². The van der Waals surface area contributed by atoms with Crippen LogP contribution in [0.1, 0.15) is 13.8 Å². The van der Waals surface area contributed by atoms with E-state index in [-0.39, 0.29) is 17.1 Å². The fourth-order valence-electron chi connectivity index (χ4n) is 1.35. The Bertz CT molecular complexity index is 535. The molecule has 0 fully saturated rings. The van der Waals surface area contributed by atoms with Crippen LogP contribution in [0, 0.1) is 0 Å². The van der Waals surface area contributed by atoms with Gasteiger partial charge in [-0.25, -0.2) is 0 Å². The number of hydrogen-bond donors (Lipinski definition) is 2. The molecule has 1 radical (unpaired) electrons. The Morgan fingerprint density at radius 1 is 0.696 bits per heavy atom. The zero-order valence-electron chi connectivity index (χ0n) is 12.7. The van der Waals surface area contributed by atoms with E-state index in [4.69, 9.17) is 31.3 Å². The molecule has 0 aromatic heterocycles. The number of carbonyl (C=O) groups is 2. The average Bonchev–Trinajstić information content (AvgIpc) is 2.39. The number of carboxylic acid groups (broad SMARTS) is 2. The van der Waals surface area contributed by atoms with Crippen molar-refractivity contribution in [1.82, 2.24) is 0 Å². The van der Waals surface area contributed by atoms with Gasteiger partial charge in [0.05, 0.1) is 0 Å². The zero-order chi connectivity index (χ0) is 17.1. The Balaban J connectivity index is 0. The monoisotopic (exact) mass is 365 g/mol. The smallest absolute Gasteiger partial charge is 0.550 e. The van der Waals surface area contributed by atoms with E-state index < -0.39 is 11.9 Å². The molecule has 0 unspecified atom stereocenters. The fraction of sp³-hybridized carbons (Fsp3) is 0.125. The molecular formula is C16H18CuN2O4. The molecule has 0 spiro atoms. The maximum atomic E-state index is 8.89. The summed E-state index contributed by atoms with van der Waals surface area (Å²) in [6, 6.07) is 15.6. The number of rotatable bonds is 1. The Kier molecular flexibility index (Phi) is 12.0. The molecule has 4 N–H and O–H groups in total. The molecule has 7 heteroatoms. The van der Waals surface area contributed by atoms with Crippen molar-refractivity contribution in [2.45, 2.75) is 13.8 Å². The molecule has 2 aromatic rings. The summed E-state index contributed by atoms with van der Waals surface area (Å²) < 4.78 is 0. The molecule has 2 rings (SSSR count). The third kappa shape index (κ3) is 12.9. The first-order chi connectivity index (χ1) is 10.2. The SMILES string of the molecule is CC(=O)[O-].CC(=O)[O-].Nc1ccc(-c2ccc(N)cc2)cc1.[Cu+2]. The van der Waals surface area contributed by atoms with Gasteiger partial charge in [0.15, 0.2) is 0 Å². The van der Waals surface area contributed by atoms with E-state index in [0.29, 0.717) is 0 Å². The number of hydrogen-bond acceptors (Lipinski definition) is 6. The second-order valence-corrected chi connectivity index (χ2v) is 4.23. The Morgan fingerprint density at radius 3 is 1.04 bits per heavy atom. The minimum Gasteiger partial charge on any atom is -0.550 e.